The molecule has 3 heterocycles. The Kier molecular flexibility index (Phi) is 6.29. The molecule has 1 aliphatic carbocycles. The number of nitrogens with two attached hydrogens (primary N) is 1. The Hall–Kier alpha value is -2.05. The first kappa shape index (κ1) is 23.1. The molecule has 1 aromatic rings. The fraction of sp³-hybridized carbons (Fsp3) is 0.632. The van der Waals surface area contributed by atoms with Gasteiger partial charge >= 0.3 is 5.97 Å². The van der Waals surface area contributed by atoms with Gasteiger partial charge in [0.25, 0.3) is 5.91 Å². The maximum atomic E-state index is 13.1. The van der Waals surface area contributed by atoms with E-state index in [2.05, 4.69) is 15.5 Å². The van der Waals surface area contributed by atoms with Crippen LogP contribution in [0.1, 0.15) is 45.2 Å². The summed E-state index contributed by atoms with van der Waals surface area (Å²) in [5, 5.41) is 17.8. The van der Waals surface area contributed by atoms with Crippen molar-refractivity contribution in [2.45, 2.75) is 73.2 Å². The van der Waals surface area contributed by atoms with Crippen molar-refractivity contribution in [3.05, 3.63) is 11.1 Å². The summed E-state index contributed by atoms with van der Waals surface area (Å²) in [6.07, 6.45) is 2.91. The van der Waals surface area contributed by atoms with Gasteiger partial charge < -0.3 is 25.9 Å². The smallest absolute Gasteiger partial charge is 0.327 e. The molecule has 3 aliphatic rings. The van der Waals surface area contributed by atoms with E-state index in [1.165, 1.54) is 16.7 Å². The fourth-order valence-corrected chi connectivity index (χ4v) is 6.64. The third kappa shape index (κ3) is 4.27. The van der Waals surface area contributed by atoms with Gasteiger partial charge in [-0.05, 0) is 39.5 Å². The second-order valence-corrected chi connectivity index (χ2v) is 11.8. The van der Waals surface area contributed by atoms with Gasteiger partial charge in [-0.25, -0.2) is 9.78 Å². The van der Waals surface area contributed by atoms with Crippen LogP contribution in [0.4, 0.5) is 5.13 Å². The van der Waals surface area contributed by atoms with E-state index >= 15 is 0 Å². The third-order valence-electron chi connectivity index (χ3n) is 5.84. The number of oxime groups is 1. The number of nitrogens with zero attached hydrogens (tertiary/aromatic N) is 3. The third-order valence-corrected chi connectivity index (χ3v) is 8.52. The molecule has 2 amide bonds. The number of aromatic nitrogens is 1. The molecular formula is C19H24ClN5O5S2. The molecule has 0 bridgehead atoms. The van der Waals surface area contributed by atoms with Gasteiger partial charge in [-0.2, -0.15) is 0 Å². The number of hydrogen-bond donors (Lipinski definition) is 3. The van der Waals surface area contributed by atoms with Crippen molar-refractivity contribution in [1.29, 1.82) is 0 Å². The zero-order valence-electron chi connectivity index (χ0n) is 17.5. The number of aliphatic carboxylic acids is 1. The van der Waals surface area contributed by atoms with Gasteiger partial charge in [0.2, 0.25) is 5.91 Å². The lowest BCUT2D eigenvalue weighted by Crippen LogP contribution is -2.71. The predicted octanol–water partition coefficient (Wildman–Crippen LogP) is 1.63. The Labute approximate surface area is 197 Å². The largest absolute Gasteiger partial charge is 0.480 e. The zero-order valence-corrected chi connectivity index (χ0v) is 19.9. The van der Waals surface area contributed by atoms with E-state index in [0.717, 1.165) is 37.0 Å². The number of halogens is 1. The number of thiazole rings is 1. The number of anilines is 1. The highest BCUT2D eigenvalue weighted by Gasteiger charge is 2.64. The summed E-state index contributed by atoms with van der Waals surface area (Å²) >= 11 is 8.63. The number of carboxylic acids is 1. The Morgan fingerprint density at radius 3 is 2.66 bits per heavy atom. The Balaban J connectivity index is 1.49. The number of hydrogen-bond acceptors (Lipinski definition) is 9. The summed E-state index contributed by atoms with van der Waals surface area (Å²) in [6, 6.07) is -1.81. The molecule has 2 saturated heterocycles. The van der Waals surface area contributed by atoms with Crippen molar-refractivity contribution >= 4 is 63.3 Å². The minimum Gasteiger partial charge on any atom is -0.480 e. The quantitative estimate of drug-likeness (QED) is 0.230. The highest BCUT2D eigenvalue weighted by molar-refractivity contribution is 8.01. The van der Waals surface area contributed by atoms with E-state index in [1.807, 2.05) is 0 Å². The van der Waals surface area contributed by atoms with E-state index in [-0.39, 0.29) is 28.0 Å². The molecule has 2 aliphatic heterocycles. The lowest BCUT2D eigenvalue weighted by molar-refractivity contribution is -0.160. The second-order valence-electron chi connectivity index (χ2n) is 8.54. The van der Waals surface area contributed by atoms with Gasteiger partial charge in [-0.1, -0.05) is 5.16 Å². The van der Waals surface area contributed by atoms with Crippen molar-refractivity contribution in [2.75, 3.05) is 5.73 Å². The number of nitrogen functional groups attached to an aromatic ring is 1. The van der Waals surface area contributed by atoms with Crippen molar-refractivity contribution in [3.8, 4) is 0 Å². The topological polar surface area (TPSA) is 147 Å². The standard InChI is InChI=1S/C19H24ClN5O5S2/c1-19(2)13(17(28)29)25-15(27)12(16(25)32-19)23-14(26)11(10-7-31-18(21)22-10)24-30-9-5-3-8(20)4-6-9/h7-9,12-13,16H,3-6H2,1-2H3,(H2,21,22)(H,23,26)(H,28,29)/b24-11-/t8?,9?,12-,13-,16+/m0/s1. The van der Waals surface area contributed by atoms with E-state index in [4.69, 9.17) is 22.2 Å². The van der Waals surface area contributed by atoms with Crippen molar-refractivity contribution < 1.29 is 24.3 Å². The SMILES string of the molecule is CC1(C)S[C@@H]2[C@@H](NC(=O)/C(=N\OC3CCC(Cl)CC3)c3csc(N)n3)C(=O)N2[C@H]1C(=O)O. The average molecular weight is 502 g/mol. The monoisotopic (exact) mass is 501 g/mol. The first-order valence-corrected chi connectivity index (χ1v) is 12.4. The van der Waals surface area contributed by atoms with E-state index in [0.29, 0.717) is 0 Å². The molecule has 32 heavy (non-hydrogen) atoms. The highest BCUT2D eigenvalue weighted by atomic mass is 35.5. The second kappa shape index (κ2) is 8.71. The number of nitrogens with one attached hydrogen (secondary N) is 1. The molecule has 3 fully saturated rings. The van der Waals surface area contributed by atoms with Crippen molar-refractivity contribution in [2.24, 2.45) is 5.16 Å². The van der Waals surface area contributed by atoms with E-state index in [1.54, 1.807) is 19.2 Å². The molecule has 0 unspecified atom stereocenters. The predicted molar refractivity (Wildman–Crippen MR) is 122 cm³/mol. The van der Waals surface area contributed by atoms with Crippen LogP contribution in [0, 0.1) is 0 Å². The number of thioether (sulfide) groups is 1. The Morgan fingerprint density at radius 2 is 2.06 bits per heavy atom. The maximum Gasteiger partial charge on any atom is 0.327 e. The van der Waals surface area contributed by atoms with Gasteiger partial charge in [0.1, 0.15) is 29.3 Å². The van der Waals surface area contributed by atoms with Gasteiger partial charge in [0.05, 0.1) is 0 Å². The molecular weight excluding hydrogens is 478 g/mol. The summed E-state index contributed by atoms with van der Waals surface area (Å²) in [5.74, 6) is -2.13. The number of carboxylic acid groups (broad SMARTS) is 1. The van der Waals surface area contributed by atoms with Crippen LogP contribution in [-0.4, -0.2) is 72.2 Å². The number of carbonyl (C=O) groups excluding carboxylic acids is 2. The first-order chi connectivity index (χ1) is 15.1. The molecule has 1 saturated carbocycles. The van der Waals surface area contributed by atoms with Gasteiger partial charge in [0, 0.05) is 15.5 Å². The summed E-state index contributed by atoms with van der Waals surface area (Å²) in [6.45, 7) is 3.55. The average Bonchev–Trinajstić information content (AvgIpc) is 3.26. The lowest BCUT2D eigenvalue weighted by Gasteiger charge is -2.43. The van der Waals surface area contributed by atoms with Gasteiger partial charge in [-0.3, -0.25) is 9.59 Å². The van der Waals surface area contributed by atoms with Crippen LogP contribution in [0.15, 0.2) is 10.5 Å². The van der Waals surface area contributed by atoms with Crippen LogP contribution in [0.2, 0.25) is 0 Å². The molecule has 0 aromatic carbocycles. The molecule has 4 N–H and O–H groups in total. The van der Waals surface area contributed by atoms with Crippen LogP contribution >= 0.6 is 34.7 Å². The Bertz CT molecular complexity index is 962. The van der Waals surface area contributed by atoms with Crippen LogP contribution in [0.5, 0.6) is 0 Å². The molecule has 0 spiro atoms. The molecule has 13 heteroatoms. The normalized spacial score (nSPS) is 31.6. The summed E-state index contributed by atoms with van der Waals surface area (Å²) in [7, 11) is 0. The van der Waals surface area contributed by atoms with Crippen LogP contribution < -0.4 is 11.1 Å². The molecule has 0 radical (unpaired) electrons. The first-order valence-electron chi connectivity index (χ1n) is 10.2. The molecule has 4 rings (SSSR count). The van der Waals surface area contributed by atoms with Crippen LogP contribution in [0.3, 0.4) is 0 Å². The number of alkyl halides is 1. The van der Waals surface area contributed by atoms with Crippen molar-refractivity contribution in [3.63, 3.8) is 0 Å². The van der Waals surface area contributed by atoms with E-state index < -0.39 is 40.0 Å². The van der Waals surface area contributed by atoms with Crippen LogP contribution in [0.25, 0.3) is 0 Å². The number of rotatable bonds is 6. The zero-order chi connectivity index (χ0) is 23.2. The van der Waals surface area contributed by atoms with Crippen LogP contribution in [-0.2, 0) is 19.2 Å². The lowest BCUT2D eigenvalue weighted by atomic mass is 9.96. The number of carbonyl (C=O) groups is 3. The number of β-lactam (4-membered cyclic amide) rings is 1. The highest BCUT2D eigenvalue weighted by Crippen LogP contribution is 2.50. The maximum absolute atomic E-state index is 13.1. The summed E-state index contributed by atoms with van der Waals surface area (Å²) in [5.41, 5.74) is 5.90. The minimum atomic E-state index is -1.07. The summed E-state index contributed by atoms with van der Waals surface area (Å²) < 4.78 is -0.684. The minimum absolute atomic E-state index is 0.0748. The molecule has 3 atom stereocenters. The van der Waals surface area contributed by atoms with Crippen molar-refractivity contribution in [1.82, 2.24) is 15.2 Å². The number of fused-ring (bicyclic) bond motifs is 1. The Morgan fingerprint density at radius 1 is 1.38 bits per heavy atom. The molecule has 174 valence electrons. The van der Waals surface area contributed by atoms with E-state index in [9.17, 15) is 19.5 Å². The number of amides is 2. The van der Waals surface area contributed by atoms with Gasteiger partial charge in [-0.15, -0.1) is 34.7 Å². The molecule has 10 nitrogen and oxygen atoms in total. The summed E-state index contributed by atoms with van der Waals surface area (Å²) in [4.78, 5) is 48.5. The fourth-order valence-electron chi connectivity index (χ4n) is 4.21. The molecule has 1 aromatic heterocycles. The van der Waals surface area contributed by atoms with Gasteiger partial charge in [0.15, 0.2) is 10.8 Å².